The van der Waals surface area contributed by atoms with Gasteiger partial charge in [-0.3, -0.25) is 19.2 Å². The van der Waals surface area contributed by atoms with Crippen LogP contribution in [0.1, 0.15) is 105 Å². The molecule has 4 rings (SSSR count). The molecular weight excluding hydrogens is 554 g/mol. The van der Waals surface area contributed by atoms with Crippen LogP contribution in [-0.4, -0.2) is 64.7 Å². The van der Waals surface area contributed by atoms with Gasteiger partial charge in [0.2, 0.25) is 12.7 Å². The van der Waals surface area contributed by atoms with Gasteiger partial charge in [-0.05, 0) is 111 Å². The molecule has 4 N–H and O–H groups in total. The van der Waals surface area contributed by atoms with Crippen molar-refractivity contribution in [3.8, 4) is 0 Å². The molecule has 0 bridgehead atoms. The number of aliphatic hydroxyl groups is 2. The molecule has 4 aliphatic carbocycles. The molecule has 10 heteroatoms. The summed E-state index contributed by atoms with van der Waals surface area (Å²) in [4.78, 5) is 47.0. The molecule has 0 heterocycles. The van der Waals surface area contributed by atoms with Gasteiger partial charge in [-0.2, -0.15) is 0 Å². The SMILES string of the molecule is CC(CCC(=O)OCOC(=O)CNC(=O)CC[C@@H](C)C1CCC2C3CC[C@@H]4C[C@H](O)CC[C@]4(C)C3C[C@H](O)[C@@]21C)C(=O)O. The molecular formula is C33H53NO9. The summed E-state index contributed by atoms with van der Waals surface area (Å²) in [7, 11) is 0. The molecule has 0 aromatic carbocycles. The van der Waals surface area contributed by atoms with E-state index in [0.29, 0.717) is 36.0 Å². The van der Waals surface area contributed by atoms with Gasteiger partial charge in [-0.25, -0.2) is 0 Å². The average Bonchev–Trinajstić information content (AvgIpc) is 3.33. The van der Waals surface area contributed by atoms with Crippen molar-refractivity contribution in [1.82, 2.24) is 5.32 Å². The normalized spacial score (nSPS) is 38.0. The van der Waals surface area contributed by atoms with Crippen molar-refractivity contribution in [3.63, 3.8) is 0 Å². The zero-order chi connectivity index (χ0) is 31.5. The van der Waals surface area contributed by atoms with Crippen LogP contribution in [0.25, 0.3) is 0 Å². The number of carboxylic acid groups (broad SMARTS) is 1. The summed E-state index contributed by atoms with van der Waals surface area (Å²) < 4.78 is 9.64. The molecule has 244 valence electrons. The van der Waals surface area contributed by atoms with E-state index in [1.54, 1.807) is 0 Å². The van der Waals surface area contributed by atoms with Crippen molar-refractivity contribution in [2.24, 2.45) is 52.3 Å². The lowest BCUT2D eigenvalue weighted by Crippen LogP contribution is -2.58. The lowest BCUT2D eigenvalue weighted by Gasteiger charge is -2.62. The Labute approximate surface area is 255 Å². The van der Waals surface area contributed by atoms with E-state index in [4.69, 9.17) is 14.6 Å². The first-order valence-electron chi connectivity index (χ1n) is 16.4. The Morgan fingerprint density at radius 1 is 0.884 bits per heavy atom. The maximum Gasteiger partial charge on any atom is 0.328 e. The molecule has 0 aromatic rings. The number of nitrogens with one attached hydrogen (secondary N) is 1. The Hall–Kier alpha value is -2.20. The third kappa shape index (κ3) is 7.21. The molecule has 43 heavy (non-hydrogen) atoms. The predicted molar refractivity (Wildman–Crippen MR) is 157 cm³/mol. The highest BCUT2D eigenvalue weighted by Crippen LogP contribution is 2.68. The van der Waals surface area contributed by atoms with Crippen LogP contribution in [0.15, 0.2) is 0 Å². The molecule has 0 saturated heterocycles. The fourth-order valence-electron chi connectivity index (χ4n) is 9.72. The van der Waals surface area contributed by atoms with Gasteiger partial charge in [0.25, 0.3) is 0 Å². The molecule has 4 aliphatic rings. The highest BCUT2D eigenvalue weighted by atomic mass is 16.7. The molecule has 0 aromatic heterocycles. The molecule has 11 atom stereocenters. The van der Waals surface area contributed by atoms with E-state index >= 15 is 0 Å². The molecule has 1 amide bonds. The number of hydrogen-bond acceptors (Lipinski definition) is 8. The minimum Gasteiger partial charge on any atom is -0.481 e. The molecule has 0 spiro atoms. The van der Waals surface area contributed by atoms with Gasteiger partial charge in [0.15, 0.2) is 0 Å². The molecule has 0 aliphatic heterocycles. The van der Waals surface area contributed by atoms with Crippen LogP contribution in [0.2, 0.25) is 0 Å². The van der Waals surface area contributed by atoms with Crippen molar-refractivity contribution >= 4 is 23.8 Å². The summed E-state index contributed by atoms with van der Waals surface area (Å²) in [6, 6.07) is 0. The van der Waals surface area contributed by atoms with Gasteiger partial charge in [-0.1, -0.05) is 27.7 Å². The number of carbonyl (C=O) groups excluding carboxylic acids is 3. The summed E-state index contributed by atoms with van der Waals surface area (Å²) in [5.74, 6) is -0.565. The molecule has 0 radical (unpaired) electrons. The minimum atomic E-state index is -0.996. The number of fused-ring (bicyclic) bond motifs is 5. The lowest BCUT2D eigenvalue weighted by atomic mass is 9.43. The number of amides is 1. The Bertz CT molecular complexity index is 1030. The van der Waals surface area contributed by atoms with Crippen molar-refractivity contribution in [1.29, 1.82) is 0 Å². The number of hydrogen-bond donors (Lipinski definition) is 4. The third-order valence-electron chi connectivity index (χ3n) is 12.4. The topological polar surface area (TPSA) is 159 Å². The average molecular weight is 608 g/mol. The number of ether oxygens (including phenoxy) is 2. The number of carboxylic acids is 1. The summed E-state index contributed by atoms with van der Waals surface area (Å²) >= 11 is 0. The zero-order valence-corrected chi connectivity index (χ0v) is 26.4. The van der Waals surface area contributed by atoms with Gasteiger partial charge >= 0.3 is 17.9 Å². The lowest BCUT2D eigenvalue weighted by molar-refractivity contribution is -0.175. The summed E-state index contributed by atoms with van der Waals surface area (Å²) in [6.07, 6.45) is 8.63. The van der Waals surface area contributed by atoms with Crippen molar-refractivity contribution in [2.75, 3.05) is 13.3 Å². The van der Waals surface area contributed by atoms with Crippen LogP contribution >= 0.6 is 0 Å². The molecule has 4 saturated carbocycles. The minimum absolute atomic E-state index is 0.0934. The third-order valence-corrected chi connectivity index (χ3v) is 12.4. The molecule has 10 nitrogen and oxygen atoms in total. The second-order valence-electron chi connectivity index (χ2n) is 14.6. The fraction of sp³-hybridized carbons (Fsp3) is 0.879. The standard InChI is InChI=1S/C33H53NO9/c1-19(5-11-28(37)34-17-30(39)43-18-42-29(38)12-6-20(2)31(40)41)24-9-10-25-23-8-7-21-15-22(35)13-14-32(21,3)26(23)16-27(36)33(24,25)4/h19-27,35-36H,5-18H2,1-4H3,(H,34,37)(H,40,41)/t19-,20?,21-,22-,23?,24?,25?,26?,27+,32+,33-/m1/s1. The number of aliphatic carboxylic acids is 1. The van der Waals surface area contributed by atoms with E-state index in [0.717, 1.165) is 38.5 Å². The first-order valence-corrected chi connectivity index (χ1v) is 16.4. The van der Waals surface area contributed by atoms with E-state index < -0.39 is 30.6 Å². The van der Waals surface area contributed by atoms with E-state index in [2.05, 4.69) is 26.1 Å². The predicted octanol–water partition coefficient (Wildman–Crippen LogP) is 4.05. The first kappa shape index (κ1) is 33.7. The Morgan fingerprint density at radius 3 is 2.33 bits per heavy atom. The monoisotopic (exact) mass is 607 g/mol. The van der Waals surface area contributed by atoms with Gasteiger partial charge in [-0.15, -0.1) is 0 Å². The smallest absolute Gasteiger partial charge is 0.328 e. The Morgan fingerprint density at radius 2 is 1.60 bits per heavy atom. The number of carbonyl (C=O) groups is 4. The zero-order valence-electron chi connectivity index (χ0n) is 26.4. The summed E-state index contributed by atoms with van der Waals surface area (Å²) in [5, 5.41) is 33.5. The quantitative estimate of drug-likeness (QED) is 0.190. The van der Waals surface area contributed by atoms with Crippen molar-refractivity contribution in [2.45, 2.75) is 117 Å². The molecule has 5 unspecified atom stereocenters. The van der Waals surface area contributed by atoms with E-state index in [1.165, 1.54) is 19.8 Å². The van der Waals surface area contributed by atoms with Gasteiger partial charge < -0.3 is 30.1 Å². The van der Waals surface area contributed by atoms with Gasteiger partial charge in [0.05, 0.1) is 18.1 Å². The Balaban J connectivity index is 1.20. The number of rotatable bonds is 12. The van der Waals surface area contributed by atoms with Crippen molar-refractivity contribution in [3.05, 3.63) is 0 Å². The summed E-state index contributed by atoms with van der Waals surface area (Å²) in [6.45, 7) is 7.48. The van der Waals surface area contributed by atoms with Crippen LogP contribution in [-0.2, 0) is 28.7 Å². The van der Waals surface area contributed by atoms with Crippen LogP contribution in [0.3, 0.4) is 0 Å². The van der Waals surface area contributed by atoms with Gasteiger partial charge in [0, 0.05) is 12.8 Å². The second kappa shape index (κ2) is 13.8. The number of esters is 2. The Kier molecular flexibility index (Phi) is 10.8. The van der Waals surface area contributed by atoms with Crippen LogP contribution < -0.4 is 5.32 Å². The van der Waals surface area contributed by atoms with E-state index in [1.807, 2.05) is 0 Å². The molecule has 4 fully saturated rings. The fourth-order valence-corrected chi connectivity index (χ4v) is 9.72. The first-order chi connectivity index (χ1) is 20.3. The maximum absolute atomic E-state index is 12.5. The van der Waals surface area contributed by atoms with Crippen LogP contribution in [0.5, 0.6) is 0 Å². The summed E-state index contributed by atoms with van der Waals surface area (Å²) in [5.41, 5.74) is 0.0387. The van der Waals surface area contributed by atoms with Crippen LogP contribution in [0.4, 0.5) is 0 Å². The largest absolute Gasteiger partial charge is 0.481 e. The van der Waals surface area contributed by atoms with Crippen LogP contribution in [0, 0.1) is 52.3 Å². The maximum atomic E-state index is 12.5. The van der Waals surface area contributed by atoms with E-state index in [-0.39, 0.29) is 60.7 Å². The number of aliphatic hydroxyl groups excluding tert-OH is 2. The van der Waals surface area contributed by atoms with E-state index in [9.17, 15) is 29.4 Å². The highest BCUT2D eigenvalue weighted by molar-refractivity contribution is 5.81. The second-order valence-corrected chi connectivity index (χ2v) is 14.6. The highest BCUT2D eigenvalue weighted by Gasteiger charge is 2.63. The van der Waals surface area contributed by atoms with Gasteiger partial charge in [0.1, 0.15) is 6.54 Å². The van der Waals surface area contributed by atoms with Crippen molar-refractivity contribution < 1.29 is 44.0 Å².